The van der Waals surface area contributed by atoms with Gasteiger partial charge in [-0.25, -0.2) is 0 Å². The van der Waals surface area contributed by atoms with Gasteiger partial charge in [-0.1, -0.05) is 44.8 Å². The first kappa shape index (κ1) is 18.1. The first-order valence-electron chi connectivity index (χ1n) is 7.11. The summed E-state index contributed by atoms with van der Waals surface area (Å²) >= 11 is 13.0. The van der Waals surface area contributed by atoms with Crippen molar-refractivity contribution in [3.63, 3.8) is 0 Å². The van der Waals surface area contributed by atoms with Crippen molar-refractivity contribution in [2.75, 3.05) is 0 Å². The molecule has 2 rings (SSSR count). The molecule has 0 unspecified atom stereocenters. The van der Waals surface area contributed by atoms with Gasteiger partial charge in [0.25, 0.3) is 0 Å². The Bertz CT molecular complexity index is 673. The van der Waals surface area contributed by atoms with E-state index in [4.69, 9.17) is 23.2 Å². The molecule has 0 amide bonds. The minimum atomic E-state index is 0.845. The normalized spacial score (nSPS) is 11.1. The monoisotopic (exact) mass is 370 g/mol. The molecule has 0 atom stereocenters. The molecule has 0 radical (unpaired) electrons. The number of rotatable bonds is 3. The average molecular weight is 371 g/mol. The van der Waals surface area contributed by atoms with Crippen molar-refractivity contribution >= 4 is 44.8 Å². The van der Waals surface area contributed by atoms with Crippen LogP contribution in [0.25, 0.3) is 0 Å². The SMILES string of the molecule is Cc1cc(SSc2cc(C)c(C)c(C)c2Cl)c(Cl)c(C)c1C. The summed E-state index contributed by atoms with van der Waals surface area (Å²) < 4.78 is 0. The largest absolute Gasteiger partial charge is 0.0828 e. The third kappa shape index (κ3) is 3.46. The quantitative estimate of drug-likeness (QED) is 0.508. The van der Waals surface area contributed by atoms with Gasteiger partial charge in [0.1, 0.15) is 0 Å². The first-order valence-corrected chi connectivity index (χ1v) is 10.0. The summed E-state index contributed by atoms with van der Waals surface area (Å²) in [6, 6.07) is 4.31. The summed E-state index contributed by atoms with van der Waals surface area (Å²) in [5.41, 5.74) is 7.39. The van der Waals surface area contributed by atoms with Crippen LogP contribution in [0.1, 0.15) is 33.4 Å². The minimum absolute atomic E-state index is 0.845. The standard InChI is InChI=1S/C18H20Cl2S2/c1-9-7-15(17(19)13(5)11(9)3)21-22-16-8-10(2)12(4)14(6)18(16)20/h7-8H,1-6H3. The van der Waals surface area contributed by atoms with E-state index >= 15 is 0 Å². The van der Waals surface area contributed by atoms with Crippen molar-refractivity contribution in [3.8, 4) is 0 Å². The highest BCUT2D eigenvalue weighted by Gasteiger charge is 2.13. The zero-order valence-electron chi connectivity index (χ0n) is 13.7. The van der Waals surface area contributed by atoms with Gasteiger partial charge < -0.3 is 0 Å². The Labute approximate surface area is 151 Å². The summed E-state index contributed by atoms with van der Waals surface area (Å²) in [6.07, 6.45) is 0. The summed E-state index contributed by atoms with van der Waals surface area (Å²) in [5.74, 6) is 0. The third-order valence-corrected chi connectivity index (χ3v) is 7.93. The predicted octanol–water partition coefficient (Wildman–Crippen LogP) is 7.64. The van der Waals surface area contributed by atoms with Gasteiger partial charge in [-0.05, 0) is 87.1 Å². The van der Waals surface area contributed by atoms with Gasteiger partial charge in [-0.3, -0.25) is 0 Å². The topological polar surface area (TPSA) is 0 Å². The fraction of sp³-hybridized carbons (Fsp3) is 0.333. The number of halogens is 2. The lowest BCUT2D eigenvalue weighted by Crippen LogP contribution is -1.91. The molecule has 0 fully saturated rings. The lowest BCUT2D eigenvalue weighted by atomic mass is 10.0. The third-order valence-electron chi connectivity index (χ3n) is 4.32. The first-order chi connectivity index (χ1) is 10.2. The maximum absolute atomic E-state index is 6.50. The van der Waals surface area contributed by atoms with Gasteiger partial charge in [-0.2, -0.15) is 0 Å². The second-order valence-corrected chi connectivity index (χ2v) is 8.65. The molecule has 22 heavy (non-hydrogen) atoms. The molecule has 0 aromatic heterocycles. The maximum Gasteiger partial charge on any atom is 0.0582 e. The van der Waals surface area contributed by atoms with Crippen LogP contribution < -0.4 is 0 Å². The highest BCUT2D eigenvalue weighted by atomic mass is 35.5. The molecule has 0 aliphatic heterocycles. The second kappa shape index (κ2) is 7.09. The molecule has 4 heteroatoms. The highest BCUT2D eigenvalue weighted by Crippen LogP contribution is 2.46. The zero-order valence-corrected chi connectivity index (χ0v) is 16.9. The van der Waals surface area contributed by atoms with Crippen LogP contribution in [0.15, 0.2) is 21.9 Å². The van der Waals surface area contributed by atoms with E-state index in [0.29, 0.717) is 0 Å². The Kier molecular flexibility index (Phi) is 5.82. The molecule has 2 aromatic rings. The average Bonchev–Trinajstić information content (AvgIpc) is 2.49. The van der Waals surface area contributed by atoms with E-state index in [1.54, 1.807) is 21.6 Å². The van der Waals surface area contributed by atoms with Gasteiger partial charge >= 0.3 is 0 Å². The van der Waals surface area contributed by atoms with Crippen molar-refractivity contribution < 1.29 is 0 Å². The molecular weight excluding hydrogens is 351 g/mol. The summed E-state index contributed by atoms with van der Waals surface area (Å²) in [5, 5.41) is 1.69. The van der Waals surface area contributed by atoms with Crippen molar-refractivity contribution in [2.45, 2.75) is 51.3 Å². The Morgan fingerprint density at radius 2 is 0.909 bits per heavy atom. The number of benzene rings is 2. The molecule has 2 aromatic carbocycles. The van der Waals surface area contributed by atoms with Crippen LogP contribution in [0.5, 0.6) is 0 Å². The summed E-state index contributed by atoms with van der Waals surface area (Å²) in [7, 11) is 3.35. The molecule has 0 saturated carbocycles. The number of hydrogen-bond donors (Lipinski definition) is 0. The van der Waals surface area contributed by atoms with E-state index in [2.05, 4.69) is 53.7 Å². The molecular formula is C18H20Cl2S2. The van der Waals surface area contributed by atoms with Gasteiger partial charge in [0.15, 0.2) is 0 Å². The molecule has 0 saturated heterocycles. The fourth-order valence-corrected chi connectivity index (χ4v) is 5.55. The van der Waals surface area contributed by atoms with Crippen LogP contribution in [0.3, 0.4) is 0 Å². The zero-order chi connectivity index (χ0) is 16.6. The molecule has 0 aliphatic rings. The van der Waals surface area contributed by atoms with E-state index in [-0.39, 0.29) is 0 Å². The van der Waals surface area contributed by atoms with Gasteiger partial charge in [0.2, 0.25) is 0 Å². The van der Waals surface area contributed by atoms with E-state index in [9.17, 15) is 0 Å². The highest BCUT2D eigenvalue weighted by molar-refractivity contribution is 8.76. The Balaban J connectivity index is 2.32. The summed E-state index contributed by atoms with van der Waals surface area (Å²) in [4.78, 5) is 2.19. The Morgan fingerprint density at radius 1 is 0.591 bits per heavy atom. The maximum atomic E-state index is 6.50. The van der Waals surface area contributed by atoms with Crippen molar-refractivity contribution in [1.82, 2.24) is 0 Å². The van der Waals surface area contributed by atoms with Crippen molar-refractivity contribution in [2.24, 2.45) is 0 Å². The van der Waals surface area contributed by atoms with Crippen LogP contribution in [0, 0.1) is 41.5 Å². The van der Waals surface area contributed by atoms with Crippen molar-refractivity contribution in [1.29, 1.82) is 0 Å². The fourth-order valence-electron chi connectivity index (χ4n) is 2.24. The van der Waals surface area contributed by atoms with Crippen molar-refractivity contribution in [3.05, 3.63) is 55.6 Å². The molecule has 0 heterocycles. The van der Waals surface area contributed by atoms with Crippen LogP contribution in [-0.4, -0.2) is 0 Å². The molecule has 0 aliphatic carbocycles. The van der Waals surface area contributed by atoms with Crippen LogP contribution >= 0.6 is 44.8 Å². The van der Waals surface area contributed by atoms with Crippen LogP contribution in [0.4, 0.5) is 0 Å². The molecule has 118 valence electrons. The number of aryl methyl sites for hydroxylation is 2. The summed E-state index contributed by atoms with van der Waals surface area (Å²) in [6.45, 7) is 12.6. The van der Waals surface area contributed by atoms with E-state index < -0.39 is 0 Å². The minimum Gasteiger partial charge on any atom is -0.0828 e. The predicted molar refractivity (Wildman–Crippen MR) is 103 cm³/mol. The van der Waals surface area contributed by atoms with E-state index in [1.807, 2.05) is 0 Å². The molecule has 0 N–H and O–H groups in total. The number of hydrogen-bond acceptors (Lipinski definition) is 2. The van der Waals surface area contributed by atoms with Gasteiger partial charge in [-0.15, -0.1) is 0 Å². The molecule has 0 nitrogen and oxygen atoms in total. The van der Waals surface area contributed by atoms with Crippen LogP contribution in [-0.2, 0) is 0 Å². The van der Waals surface area contributed by atoms with E-state index in [1.165, 1.54) is 22.3 Å². The molecule has 0 bridgehead atoms. The lowest BCUT2D eigenvalue weighted by molar-refractivity contribution is 1.21. The molecule has 0 spiro atoms. The lowest BCUT2D eigenvalue weighted by Gasteiger charge is -2.14. The van der Waals surface area contributed by atoms with E-state index in [0.717, 1.165) is 31.0 Å². The Morgan fingerprint density at radius 3 is 1.23 bits per heavy atom. The van der Waals surface area contributed by atoms with Gasteiger partial charge in [0, 0.05) is 9.79 Å². The van der Waals surface area contributed by atoms with Crippen LogP contribution in [0.2, 0.25) is 10.0 Å². The second-order valence-electron chi connectivity index (χ2n) is 5.68. The van der Waals surface area contributed by atoms with Gasteiger partial charge in [0.05, 0.1) is 10.0 Å². The smallest absolute Gasteiger partial charge is 0.0582 e. The Hall–Kier alpha value is -0.280.